The second-order valence-corrected chi connectivity index (χ2v) is 7.07. The van der Waals surface area contributed by atoms with Gasteiger partial charge in [-0.1, -0.05) is 5.16 Å². The molecule has 1 aromatic carbocycles. The minimum absolute atomic E-state index is 0.0922. The van der Waals surface area contributed by atoms with E-state index in [-0.39, 0.29) is 6.03 Å². The number of carbonyl (C=O) groups excluding carboxylic acids is 1. The predicted molar refractivity (Wildman–Crippen MR) is 108 cm³/mol. The quantitative estimate of drug-likeness (QED) is 0.711. The predicted octanol–water partition coefficient (Wildman–Crippen LogP) is 3.63. The number of piperidine rings is 1. The maximum atomic E-state index is 12.6. The Morgan fingerprint density at radius 2 is 2.03 bits per heavy atom. The van der Waals surface area contributed by atoms with Gasteiger partial charge in [-0.05, 0) is 55.2 Å². The van der Waals surface area contributed by atoms with E-state index in [2.05, 4.69) is 20.4 Å². The normalized spacial score (nSPS) is 16.4. The van der Waals surface area contributed by atoms with Crippen LogP contribution in [0, 0.1) is 5.92 Å². The van der Waals surface area contributed by atoms with Gasteiger partial charge in [0.1, 0.15) is 5.75 Å². The first-order valence-electron chi connectivity index (χ1n) is 9.64. The number of amides is 2. The van der Waals surface area contributed by atoms with Crippen molar-refractivity contribution in [2.75, 3.05) is 25.5 Å². The molecule has 8 heteroatoms. The van der Waals surface area contributed by atoms with Crippen molar-refractivity contribution < 1.29 is 14.1 Å². The third-order valence-electron chi connectivity index (χ3n) is 5.01. The number of anilines is 1. The van der Waals surface area contributed by atoms with Crippen LogP contribution in [0.15, 0.2) is 53.3 Å². The summed E-state index contributed by atoms with van der Waals surface area (Å²) in [5, 5.41) is 7.05. The number of carbonyl (C=O) groups is 1. The monoisotopic (exact) mass is 393 g/mol. The van der Waals surface area contributed by atoms with E-state index in [0.29, 0.717) is 30.6 Å². The molecule has 1 unspecified atom stereocenters. The Morgan fingerprint density at radius 3 is 2.79 bits per heavy atom. The van der Waals surface area contributed by atoms with E-state index < -0.39 is 0 Å². The second kappa shape index (κ2) is 8.72. The molecule has 1 atom stereocenters. The molecule has 2 aromatic heterocycles. The van der Waals surface area contributed by atoms with Crippen LogP contribution in [-0.2, 0) is 6.42 Å². The topological polar surface area (TPSA) is 93.4 Å². The molecule has 0 radical (unpaired) electrons. The molecular formula is C21H23N5O3. The third-order valence-corrected chi connectivity index (χ3v) is 5.01. The van der Waals surface area contributed by atoms with Crippen LogP contribution in [0.3, 0.4) is 0 Å². The number of nitrogens with zero attached hydrogens (tertiary/aromatic N) is 4. The summed E-state index contributed by atoms with van der Waals surface area (Å²) in [6.45, 7) is 1.41. The van der Waals surface area contributed by atoms with Gasteiger partial charge >= 0.3 is 6.03 Å². The molecule has 3 heterocycles. The summed E-state index contributed by atoms with van der Waals surface area (Å²) in [5.74, 6) is 2.21. The first-order valence-corrected chi connectivity index (χ1v) is 9.64. The van der Waals surface area contributed by atoms with Crippen molar-refractivity contribution >= 4 is 11.7 Å². The maximum Gasteiger partial charge on any atom is 0.321 e. The molecule has 4 rings (SSSR count). The Bertz CT molecular complexity index is 942. The van der Waals surface area contributed by atoms with Gasteiger partial charge in [-0.15, -0.1) is 0 Å². The fraction of sp³-hybridized carbons (Fsp3) is 0.333. The molecule has 1 aliphatic heterocycles. The van der Waals surface area contributed by atoms with Crippen molar-refractivity contribution in [3.05, 3.63) is 54.6 Å². The van der Waals surface area contributed by atoms with E-state index in [1.165, 1.54) is 0 Å². The fourth-order valence-corrected chi connectivity index (χ4v) is 3.50. The summed E-state index contributed by atoms with van der Waals surface area (Å²) < 4.78 is 10.5. The first-order chi connectivity index (χ1) is 14.2. The number of ether oxygens (including phenoxy) is 1. The van der Waals surface area contributed by atoms with Gasteiger partial charge in [0, 0.05) is 43.2 Å². The Balaban J connectivity index is 1.34. The van der Waals surface area contributed by atoms with Crippen molar-refractivity contribution in [2.45, 2.75) is 19.3 Å². The lowest BCUT2D eigenvalue weighted by molar-refractivity contribution is 0.176. The van der Waals surface area contributed by atoms with Crippen LogP contribution in [0.2, 0.25) is 0 Å². The van der Waals surface area contributed by atoms with Gasteiger partial charge in [-0.2, -0.15) is 4.98 Å². The third kappa shape index (κ3) is 4.71. The molecule has 3 aromatic rings. The lowest BCUT2D eigenvalue weighted by Crippen LogP contribution is -2.42. The lowest BCUT2D eigenvalue weighted by atomic mass is 9.95. The van der Waals surface area contributed by atoms with Crippen LogP contribution < -0.4 is 10.1 Å². The van der Waals surface area contributed by atoms with E-state index in [1.807, 2.05) is 41.3 Å². The number of aromatic nitrogens is 3. The smallest absolute Gasteiger partial charge is 0.321 e. The molecule has 8 nitrogen and oxygen atoms in total. The van der Waals surface area contributed by atoms with E-state index >= 15 is 0 Å². The number of nitrogens with one attached hydrogen (secondary N) is 1. The molecule has 1 N–H and O–H groups in total. The Kier molecular flexibility index (Phi) is 5.69. The Hall–Kier alpha value is -3.42. The van der Waals surface area contributed by atoms with Crippen LogP contribution in [0.5, 0.6) is 5.75 Å². The number of rotatable bonds is 5. The number of benzene rings is 1. The van der Waals surface area contributed by atoms with Crippen LogP contribution in [-0.4, -0.2) is 46.3 Å². The van der Waals surface area contributed by atoms with Crippen molar-refractivity contribution in [3.8, 4) is 17.2 Å². The molecule has 0 bridgehead atoms. The molecule has 2 amide bonds. The summed E-state index contributed by atoms with van der Waals surface area (Å²) in [7, 11) is 1.62. The minimum atomic E-state index is -0.0922. The zero-order valence-electron chi connectivity index (χ0n) is 16.2. The van der Waals surface area contributed by atoms with Crippen LogP contribution >= 0.6 is 0 Å². The molecule has 29 heavy (non-hydrogen) atoms. The molecule has 0 aliphatic carbocycles. The fourth-order valence-electron chi connectivity index (χ4n) is 3.50. The molecule has 0 saturated carbocycles. The van der Waals surface area contributed by atoms with Gasteiger partial charge < -0.3 is 19.5 Å². The van der Waals surface area contributed by atoms with Gasteiger partial charge in [0.25, 0.3) is 5.89 Å². The Morgan fingerprint density at radius 1 is 1.24 bits per heavy atom. The SMILES string of the molecule is COc1ccc(NC(=O)N2CCCC(Cc3noc(-c4ccncc4)n3)C2)cc1. The number of urea groups is 1. The minimum Gasteiger partial charge on any atom is -0.497 e. The lowest BCUT2D eigenvalue weighted by Gasteiger charge is -2.32. The highest BCUT2D eigenvalue weighted by atomic mass is 16.5. The van der Waals surface area contributed by atoms with Gasteiger partial charge in [0.05, 0.1) is 7.11 Å². The largest absolute Gasteiger partial charge is 0.497 e. The van der Waals surface area contributed by atoms with Crippen molar-refractivity contribution in [3.63, 3.8) is 0 Å². The second-order valence-electron chi connectivity index (χ2n) is 7.07. The van der Waals surface area contributed by atoms with Crippen molar-refractivity contribution in [1.82, 2.24) is 20.0 Å². The number of hydrogen-bond acceptors (Lipinski definition) is 6. The standard InChI is InChI=1S/C21H23N5O3/c1-28-18-6-4-17(5-7-18)23-21(27)26-12-2-3-15(14-26)13-19-24-20(29-25-19)16-8-10-22-11-9-16/h4-11,15H,2-3,12-14H2,1H3,(H,23,27). The van der Waals surface area contributed by atoms with E-state index in [4.69, 9.17) is 9.26 Å². The first kappa shape index (κ1) is 18.9. The number of methoxy groups -OCH3 is 1. The molecular weight excluding hydrogens is 370 g/mol. The van der Waals surface area contributed by atoms with Gasteiger partial charge in [0.2, 0.25) is 0 Å². The summed E-state index contributed by atoms with van der Waals surface area (Å²) in [5.41, 5.74) is 1.60. The van der Waals surface area contributed by atoms with E-state index in [1.54, 1.807) is 19.5 Å². The number of likely N-dealkylation sites (tertiary alicyclic amines) is 1. The van der Waals surface area contributed by atoms with Gasteiger partial charge in [-0.3, -0.25) is 4.98 Å². The van der Waals surface area contributed by atoms with Crippen LogP contribution in [0.25, 0.3) is 11.5 Å². The van der Waals surface area contributed by atoms with Crippen molar-refractivity contribution in [1.29, 1.82) is 0 Å². The summed E-state index contributed by atoms with van der Waals surface area (Å²) in [6.07, 6.45) is 6.06. The summed E-state index contributed by atoms with van der Waals surface area (Å²) in [4.78, 5) is 23.0. The highest BCUT2D eigenvalue weighted by Gasteiger charge is 2.25. The van der Waals surface area contributed by atoms with E-state index in [9.17, 15) is 4.79 Å². The van der Waals surface area contributed by atoms with Gasteiger partial charge in [0.15, 0.2) is 5.82 Å². The number of pyridine rings is 1. The molecule has 1 saturated heterocycles. The number of hydrogen-bond donors (Lipinski definition) is 1. The summed E-state index contributed by atoms with van der Waals surface area (Å²) in [6, 6.07) is 10.9. The highest BCUT2D eigenvalue weighted by molar-refractivity contribution is 5.89. The highest BCUT2D eigenvalue weighted by Crippen LogP contribution is 2.23. The average molecular weight is 393 g/mol. The van der Waals surface area contributed by atoms with Crippen LogP contribution in [0.1, 0.15) is 18.7 Å². The van der Waals surface area contributed by atoms with E-state index in [0.717, 1.165) is 36.4 Å². The Labute approximate surface area is 168 Å². The molecule has 1 fully saturated rings. The van der Waals surface area contributed by atoms with Crippen LogP contribution in [0.4, 0.5) is 10.5 Å². The average Bonchev–Trinajstić information content (AvgIpc) is 3.23. The molecule has 1 aliphatic rings. The molecule has 0 spiro atoms. The zero-order chi connectivity index (χ0) is 20.1. The zero-order valence-corrected chi connectivity index (χ0v) is 16.2. The summed E-state index contributed by atoms with van der Waals surface area (Å²) >= 11 is 0. The molecule has 150 valence electrons. The van der Waals surface area contributed by atoms with Gasteiger partial charge in [-0.25, -0.2) is 4.79 Å². The van der Waals surface area contributed by atoms with Crippen molar-refractivity contribution in [2.24, 2.45) is 5.92 Å². The maximum absolute atomic E-state index is 12.6.